The molecule has 0 saturated carbocycles. The molecular formula is C14H26N2. The van der Waals surface area contributed by atoms with E-state index in [-0.39, 0.29) is 0 Å². The summed E-state index contributed by atoms with van der Waals surface area (Å²) in [6, 6.07) is 0. The topological polar surface area (TPSA) is 15.6 Å². The largest absolute Gasteiger partial charge is 0.276 e. The van der Waals surface area contributed by atoms with Crippen molar-refractivity contribution < 1.29 is 0 Å². The van der Waals surface area contributed by atoms with Gasteiger partial charge in [-0.2, -0.15) is 5.10 Å². The number of hydrogen-bond donors (Lipinski definition) is 0. The zero-order valence-corrected chi connectivity index (χ0v) is 11.8. The SMILES string of the molecule is C=C/C(C)=C(C)/C(C)=C/N(C)/N=C\C.CC. The van der Waals surface area contributed by atoms with Crippen LogP contribution in [0.1, 0.15) is 41.5 Å². The molecule has 0 saturated heterocycles. The van der Waals surface area contributed by atoms with Crippen molar-refractivity contribution in [1.29, 1.82) is 0 Å². The first-order valence-corrected chi connectivity index (χ1v) is 5.73. The van der Waals surface area contributed by atoms with Crippen molar-refractivity contribution in [3.63, 3.8) is 0 Å². The molecule has 2 nitrogen and oxygen atoms in total. The van der Waals surface area contributed by atoms with Gasteiger partial charge >= 0.3 is 0 Å². The summed E-state index contributed by atoms with van der Waals surface area (Å²) < 4.78 is 0. The van der Waals surface area contributed by atoms with E-state index < -0.39 is 0 Å². The van der Waals surface area contributed by atoms with E-state index in [2.05, 4.69) is 32.5 Å². The van der Waals surface area contributed by atoms with Crippen LogP contribution in [0.15, 0.2) is 40.7 Å². The Morgan fingerprint density at radius 2 is 1.69 bits per heavy atom. The third-order valence-electron chi connectivity index (χ3n) is 2.17. The van der Waals surface area contributed by atoms with E-state index in [1.54, 1.807) is 11.2 Å². The molecule has 0 N–H and O–H groups in total. The van der Waals surface area contributed by atoms with Crippen molar-refractivity contribution in [1.82, 2.24) is 5.01 Å². The standard InChI is InChI=1S/C12H20N2.C2H6/c1-7-10(3)12(5)11(4)9-14(6)13-8-2;1-2/h7-9H,1H2,2-6H3;1-2H3/b11-9+,12-10+,13-8-;. The zero-order chi connectivity index (χ0) is 13.1. The van der Waals surface area contributed by atoms with E-state index in [1.807, 2.05) is 40.1 Å². The number of hydrazone groups is 1. The molecule has 0 spiro atoms. The Kier molecular flexibility index (Phi) is 10.9. The van der Waals surface area contributed by atoms with Gasteiger partial charge in [0, 0.05) is 19.5 Å². The van der Waals surface area contributed by atoms with E-state index in [4.69, 9.17) is 0 Å². The fourth-order valence-corrected chi connectivity index (χ4v) is 1.06. The fourth-order valence-electron chi connectivity index (χ4n) is 1.06. The van der Waals surface area contributed by atoms with Gasteiger partial charge in [0.25, 0.3) is 0 Å². The second kappa shape index (κ2) is 10.2. The Hall–Kier alpha value is -1.31. The minimum Gasteiger partial charge on any atom is -0.276 e. The molecular weight excluding hydrogens is 196 g/mol. The maximum atomic E-state index is 4.12. The average molecular weight is 222 g/mol. The summed E-state index contributed by atoms with van der Waals surface area (Å²) in [6.07, 6.45) is 5.64. The first-order valence-electron chi connectivity index (χ1n) is 5.73. The normalized spacial score (nSPS) is 12.8. The molecule has 0 atom stereocenters. The number of rotatable bonds is 4. The smallest absolute Gasteiger partial charge is 0.0296 e. The lowest BCUT2D eigenvalue weighted by atomic mass is 10.1. The van der Waals surface area contributed by atoms with Crippen molar-refractivity contribution in [3.8, 4) is 0 Å². The molecule has 92 valence electrons. The highest BCUT2D eigenvalue weighted by Crippen LogP contribution is 2.14. The lowest BCUT2D eigenvalue weighted by Gasteiger charge is -2.10. The quantitative estimate of drug-likeness (QED) is 0.391. The van der Waals surface area contributed by atoms with Crippen LogP contribution < -0.4 is 0 Å². The minimum atomic E-state index is 1.20. The summed E-state index contributed by atoms with van der Waals surface area (Å²) in [5, 5.41) is 5.92. The van der Waals surface area contributed by atoms with Gasteiger partial charge in [-0.25, -0.2) is 0 Å². The molecule has 0 aliphatic rings. The van der Waals surface area contributed by atoms with Crippen LogP contribution >= 0.6 is 0 Å². The van der Waals surface area contributed by atoms with Crippen molar-refractivity contribution >= 4 is 6.21 Å². The van der Waals surface area contributed by atoms with Crippen LogP contribution in [-0.4, -0.2) is 18.3 Å². The predicted octanol–water partition coefficient (Wildman–Crippen LogP) is 4.38. The van der Waals surface area contributed by atoms with Crippen LogP contribution in [0.2, 0.25) is 0 Å². The summed E-state index contributed by atoms with van der Waals surface area (Å²) in [4.78, 5) is 0. The Morgan fingerprint density at radius 1 is 1.19 bits per heavy atom. The second-order valence-electron chi connectivity index (χ2n) is 3.27. The lowest BCUT2D eigenvalue weighted by Crippen LogP contribution is -2.02. The summed E-state index contributed by atoms with van der Waals surface area (Å²) in [6.45, 7) is 15.9. The molecule has 0 aromatic heterocycles. The highest BCUT2D eigenvalue weighted by molar-refractivity contribution is 5.52. The molecule has 0 aliphatic carbocycles. The van der Waals surface area contributed by atoms with E-state index in [1.165, 1.54) is 16.7 Å². The Balaban J connectivity index is 0. The molecule has 16 heavy (non-hydrogen) atoms. The van der Waals surface area contributed by atoms with Crippen molar-refractivity contribution in [2.45, 2.75) is 41.5 Å². The van der Waals surface area contributed by atoms with Crippen LogP contribution in [-0.2, 0) is 0 Å². The van der Waals surface area contributed by atoms with Gasteiger partial charge in [0.05, 0.1) is 0 Å². The molecule has 0 rings (SSSR count). The molecule has 0 amide bonds. The first-order chi connectivity index (χ1) is 7.52. The van der Waals surface area contributed by atoms with Crippen LogP contribution in [0.25, 0.3) is 0 Å². The van der Waals surface area contributed by atoms with Crippen LogP contribution in [0.4, 0.5) is 0 Å². The molecule has 0 aromatic rings. The molecule has 2 heteroatoms. The second-order valence-corrected chi connectivity index (χ2v) is 3.27. The highest BCUT2D eigenvalue weighted by Gasteiger charge is 1.97. The lowest BCUT2D eigenvalue weighted by molar-refractivity contribution is 0.489. The van der Waals surface area contributed by atoms with Crippen molar-refractivity contribution in [2.24, 2.45) is 5.10 Å². The van der Waals surface area contributed by atoms with Crippen molar-refractivity contribution in [2.75, 3.05) is 7.05 Å². The highest BCUT2D eigenvalue weighted by atomic mass is 15.4. The van der Waals surface area contributed by atoms with Crippen LogP contribution in [0.3, 0.4) is 0 Å². The van der Waals surface area contributed by atoms with Crippen molar-refractivity contribution in [3.05, 3.63) is 35.6 Å². The molecule has 0 aromatic carbocycles. The van der Waals surface area contributed by atoms with Gasteiger partial charge < -0.3 is 0 Å². The Morgan fingerprint density at radius 3 is 2.06 bits per heavy atom. The Labute approximate surface area is 101 Å². The molecule has 0 unspecified atom stereocenters. The zero-order valence-electron chi connectivity index (χ0n) is 11.8. The van der Waals surface area contributed by atoms with E-state index in [0.29, 0.717) is 0 Å². The summed E-state index contributed by atoms with van der Waals surface area (Å²) >= 11 is 0. The predicted molar refractivity (Wildman–Crippen MR) is 75.6 cm³/mol. The van der Waals surface area contributed by atoms with E-state index in [0.717, 1.165) is 0 Å². The number of nitrogens with zero attached hydrogens (tertiary/aromatic N) is 2. The molecule has 0 heterocycles. The van der Waals surface area contributed by atoms with Gasteiger partial charge in [-0.1, -0.05) is 26.5 Å². The maximum absolute atomic E-state index is 4.12. The third kappa shape index (κ3) is 7.04. The number of allylic oxidation sites excluding steroid dienone is 4. The summed E-state index contributed by atoms with van der Waals surface area (Å²) in [5.74, 6) is 0. The Bertz CT molecular complexity index is 283. The molecule has 0 aliphatic heterocycles. The van der Waals surface area contributed by atoms with E-state index >= 15 is 0 Å². The number of hydrogen-bond acceptors (Lipinski definition) is 2. The molecule has 0 fully saturated rings. The summed E-state index contributed by atoms with van der Waals surface area (Å²) in [5.41, 5.74) is 3.65. The third-order valence-corrected chi connectivity index (χ3v) is 2.17. The van der Waals surface area contributed by atoms with Gasteiger partial charge in [0.2, 0.25) is 0 Å². The average Bonchev–Trinajstić information content (AvgIpc) is 2.29. The molecule has 0 radical (unpaired) electrons. The fraction of sp³-hybridized carbons (Fsp3) is 0.500. The van der Waals surface area contributed by atoms with Crippen LogP contribution in [0, 0.1) is 0 Å². The van der Waals surface area contributed by atoms with Gasteiger partial charge in [0.1, 0.15) is 0 Å². The first kappa shape index (κ1) is 17.1. The van der Waals surface area contributed by atoms with Gasteiger partial charge in [-0.3, -0.25) is 5.01 Å². The van der Waals surface area contributed by atoms with Crippen LogP contribution in [0.5, 0.6) is 0 Å². The monoisotopic (exact) mass is 222 g/mol. The summed E-state index contributed by atoms with van der Waals surface area (Å²) in [7, 11) is 1.92. The van der Waals surface area contributed by atoms with Gasteiger partial charge in [0.15, 0.2) is 0 Å². The van der Waals surface area contributed by atoms with Gasteiger partial charge in [-0.05, 0) is 44.4 Å². The molecule has 0 bridgehead atoms. The van der Waals surface area contributed by atoms with E-state index in [9.17, 15) is 0 Å². The maximum Gasteiger partial charge on any atom is 0.0296 e. The van der Waals surface area contributed by atoms with Gasteiger partial charge in [-0.15, -0.1) is 0 Å². The minimum absolute atomic E-state index is 1.20.